The van der Waals surface area contributed by atoms with E-state index in [2.05, 4.69) is 0 Å². The van der Waals surface area contributed by atoms with Gasteiger partial charge in [0, 0.05) is 0 Å². The zero-order valence-corrected chi connectivity index (χ0v) is 8.27. The molecule has 0 aliphatic carbocycles. The van der Waals surface area contributed by atoms with Gasteiger partial charge in [-0.25, -0.2) is 0 Å². The van der Waals surface area contributed by atoms with Crippen LogP contribution < -0.4 is 5.46 Å². The molecule has 2 N–H and O–H groups in total. The number of carbonyl (C=O) groups excluding carboxylic acids is 1. The van der Waals surface area contributed by atoms with Crippen LogP contribution in [-0.2, 0) is 0 Å². The number of hydrogen-bond acceptors (Lipinski definition) is 3. The van der Waals surface area contributed by atoms with Crippen molar-refractivity contribution in [2.45, 2.75) is 13.8 Å². The summed E-state index contributed by atoms with van der Waals surface area (Å²) in [6.45, 7) is 3.78. The van der Waals surface area contributed by atoms with E-state index in [-0.39, 0.29) is 22.7 Å². The summed E-state index contributed by atoms with van der Waals surface area (Å²) in [5, 5.41) is 0. The monoisotopic (exact) mass is 192 g/mol. The minimum absolute atomic E-state index is 0. The molecule has 0 unspecified atom stereocenters. The largest absolute Gasteiger partial charge is 0.870 e. The van der Waals surface area contributed by atoms with Crippen LogP contribution in [0.2, 0.25) is 0 Å². The molecule has 0 saturated heterocycles. The Labute approximate surface area is 85.2 Å². The molecular weight excluding hydrogens is 179 g/mol. The Morgan fingerprint density at radius 2 is 1.57 bits per heavy atom. The van der Waals surface area contributed by atoms with E-state index in [1.54, 1.807) is 24.3 Å². The van der Waals surface area contributed by atoms with Gasteiger partial charge in [0.1, 0.15) is 0 Å². The molecule has 1 aromatic carbocycles. The summed E-state index contributed by atoms with van der Waals surface area (Å²) in [7, 11) is 5.49. The molecule has 0 fully saturated rings. The quantitative estimate of drug-likeness (QED) is 0.517. The molecule has 0 heterocycles. The fourth-order valence-electron chi connectivity index (χ4n) is 0.981. The topological polar surface area (TPSA) is 77.1 Å². The summed E-state index contributed by atoms with van der Waals surface area (Å²) in [4.78, 5) is 11.4. The van der Waals surface area contributed by atoms with Gasteiger partial charge in [-0.15, -0.1) is 0 Å². The first kappa shape index (κ1) is 15.4. The SMILES string of the molecule is [B+2]c1ccc(C(=O)C(C)C)cc1.[OH-].[OH-]. The van der Waals surface area contributed by atoms with Crippen LogP contribution in [-0.4, -0.2) is 24.6 Å². The fourth-order valence-corrected chi connectivity index (χ4v) is 0.981. The zero-order valence-electron chi connectivity index (χ0n) is 8.27. The number of carbonyl (C=O) groups is 1. The summed E-state index contributed by atoms with van der Waals surface area (Å²) in [6, 6.07) is 7.01. The molecule has 0 saturated carbocycles. The van der Waals surface area contributed by atoms with Gasteiger partial charge < -0.3 is 11.0 Å². The molecule has 0 atom stereocenters. The number of rotatable bonds is 2. The van der Waals surface area contributed by atoms with E-state index >= 15 is 0 Å². The second kappa shape index (κ2) is 6.35. The summed E-state index contributed by atoms with van der Waals surface area (Å²) < 4.78 is 0. The zero-order chi connectivity index (χ0) is 9.14. The molecule has 0 aromatic heterocycles. The van der Waals surface area contributed by atoms with E-state index in [0.29, 0.717) is 5.46 Å². The van der Waals surface area contributed by atoms with Crippen molar-refractivity contribution in [3.63, 3.8) is 0 Å². The van der Waals surface area contributed by atoms with Crippen molar-refractivity contribution >= 4 is 19.1 Å². The van der Waals surface area contributed by atoms with Crippen molar-refractivity contribution in [2.24, 2.45) is 5.92 Å². The third-order valence-electron chi connectivity index (χ3n) is 1.72. The minimum atomic E-state index is 0. The molecular formula is C10H13BO3. The van der Waals surface area contributed by atoms with E-state index < -0.39 is 0 Å². The molecule has 1 aromatic rings. The van der Waals surface area contributed by atoms with E-state index in [9.17, 15) is 4.79 Å². The maximum Gasteiger partial charge on any atom is -0.870 e. The summed E-state index contributed by atoms with van der Waals surface area (Å²) >= 11 is 0. The molecule has 0 radical (unpaired) electrons. The van der Waals surface area contributed by atoms with Crippen molar-refractivity contribution in [3.8, 4) is 0 Å². The molecule has 4 heteroatoms. The Kier molecular flexibility index (Phi) is 6.96. The Bertz CT molecular complexity index is 280. The van der Waals surface area contributed by atoms with Gasteiger partial charge >= 0.3 is 73.5 Å². The van der Waals surface area contributed by atoms with Gasteiger partial charge in [0.15, 0.2) is 0 Å². The van der Waals surface area contributed by atoms with Gasteiger partial charge in [0.25, 0.3) is 0 Å². The maximum atomic E-state index is 11.4. The third kappa shape index (κ3) is 3.72. The van der Waals surface area contributed by atoms with Crippen LogP contribution in [0.5, 0.6) is 0 Å². The van der Waals surface area contributed by atoms with Crippen LogP contribution in [0.25, 0.3) is 0 Å². The molecule has 74 valence electrons. The predicted molar refractivity (Wildman–Crippen MR) is 54.9 cm³/mol. The number of Topliss-reactive ketones (excluding diaryl/α,β-unsaturated/α-hetero) is 1. The number of hydrogen-bond donors (Lipinski definition) is 0. The van der Waals surface area contributed by atoms with E-state index in [1.807, 2.05) is 13.8 Å². The molecule has 3 nitrogen and oxygen atoms in total. The molecule has 0 aliphatic rings. The van der Waals surface area contributed by atoms with Crippen LogP contribution in [0, 0.1) is 5.92 Å². The molecule has 0 amide bonds. The molecule has 0 spiro atoms. The molecule has 1 rings (SSSR count). The van der Waals surface area contributed by atoms with Gasteiger partial charge in [-0.2, -0.15) is 0 Å². The van der Waals surface area contributed by atoms with Crippen LogP contribution in [0.15, 0.2) is 24.3 Å². The second-order valence-corrected chi connectivity index (χ2v) is 3.14. The Balaban J connectivity index is 0. The predicted octanol–water partition coefficient (Wildman–Crippen LogP) is 0.966. The van der Waals surface area contributed by atoms with Crippen molar-refractivity contribution in [3.05, 3.63) is 29.8 Å². The fraction of sp³-hybridized carbons (Fsp3) is 0.300. The van der Waals surface area contributed by atoms with Crippen LogP contribution in [0.4, 0.5) is 0 Å². The van der Waals surface area contributed by atoms with Crippen molar-refractivity contribution in [2.75, 3.05) is 0 Å². The smallest absolute Gasteiger partial charge is 0.870 e. The summed E-state index contributed by atoms with van der Waals surface area (Å²) in [6.07, 6.45) is 0. The summed E-state index contributed by atoms with van der Waals surface area (Å²) in [5.74, 6) is 0.212. The number of benzene rings is 1. The van der Waals surface area contributed by atoms with Crippen molar-refractivity contribution in [1.29, 1.82) is 0 Å². The average molecular weight is 192 g/mol. The van der Waals surface area contributed by atoms with Crippen molar-refractivity contribution in [1.82, 2.24) is 0 Å². The van der Waals surface area contributed by atoms with E-state index in [1.165, 1.54) is 0 Å². The molecule has 0 bridgehead atoms. The average Bonchev–Trinajstić information content (AvgIpc) is 2.04. The van der Waals surface area contributed by atoms with Crippen LogP contribution in [0.3, 0.4) is 0 Å². The van der Waals surface area contributed by atoms with Crippen LogP contribution in [0.1, 0.15) is 24.2 Å². The van der Waals surface area contributed by atoms with E-state index in [0.717, 1.165) is 5.56 Å². The van der Waals surface area contributed by atoms with Gasteiger partial charge in [-0.05, 0) is 0 Å². The summed E-state index contributed by atoms with van der Waals surface area (Å²) in [5.41, 5.74) is 1.43. The number of ketones is 1. The Morgan fingerprint density at radius 3 is 1.93 bits per heavy atom. The first-order valence-electron chi connectivity index (χ1n) is 4.01. The maximum absolute atomic E-state index is 11.4. The van der Waals surface area contributed by atoms with Gasteiger partial charge in [-0.1, -0.05) is 0 Å². The normalized spacial score (nSPS) is 8.93. The van der Waals surface area contributed by atoms with Gasteiger partial charge in [-0.3, -0.25) is 0 Å². The van der Waals surface area contributed by atoms with Gasteiger partial charge in [0.05, 0.1) is 0 Å². The van der Waals surface area contributed by atoms with Crippen LogP contribution >= 0.6 is 0 Å². The first-order chi connectivity index (χ1) is 5.61. The molecule has 14 heavy (non-hydrogen) atoms. The second-order valence-electron chi connectivity index (χ2n) is 3.14. The third-order valence-corrected chi connectivity index (χ3v) is 1.72. The van der Waals surface area contributed by atoms with E-state index in [4.69, 9.17) is 7.85 Å². The Morgan fingerprint density at radius 1 is 1.14 bits per heavy atom. The Hall–Kier alpha value is -1.13. The van der Waals surface area contributed by atoms with Crippen molar-refractivity contribution < 1.29 is 15.7 Å². The van der Waals surface area contributed by atoms with Gasteiger partial charge in [0.2, 0.25) is 0 Å². The molecule has 0 aliphatic heterocycles. The standard InChI is InChI=1S/C10H11BO.2H2O/c1-7(2)10(12)8-3-5-9(11)6-4-8;;/h3-7H,1-2H3;2*1H2/q+2;;/p-2. The first-order valence-corrected chi connectivity index (χ1v) is 4.01. The minimum Gasteiger partial charge on any atom is -0.870 e.